The Morgan fingerprint density at radius 2 is 2.03 bits per heavy atom. The Bertz CT molecular complexity index is 952. The fourth-order valence-corrected chi connectivity index (χ4v) is 3.04. The van der Waals surface area contributed by atoms with E-state index in [0.717, 1.165) is 18.4 Å². The van der Waals surface area contributed by atoms with Gasteiger partial charge < -0.3 is 15.4 Å². The van der Waals surface area contributed by atoms with Crippen molar-refractivity contribution in [1.82, 2.24) is 5.32 Å². The second-order valence-electron chi connectivity index (χ2n) is 6.96. The number of nitrogens with one attached hydrogen (secondary N) is 2. The third kappa shape index (κ3) is 5.77. The second kappa shape index (κ2) is 9.67. The van der Waals surface area contributed by atoms with Crippen LogP contribution in [0.4, 0.5) is 5.69 Å². The van der Waals surface area contributed by atoms with E-state index in [-0.39, 0.29) is 17.6 Å². The van der Waals surface area contributed by atoms with Crippen molar-refractivity contribution >= 4 is 23.6 Å². The van der Waals surface area contributed by atoms with Crippen molar-refractivity contribution in [3.8, 4) is 6.07 Å². The van der Waals surface area contributed by atoms with Gasteiger partial charge in [-0.05, 0) is 55.7 Å². The van der Waals surface area contributed by atoms with E-state index in [1.165, 1.54) is 6.08 Å². The summed E-state index contributed by atoms with van der Waals surface area (Å²) in [5.41, 5.74) is 2.88. The lowest BCUT2D eigenvalue weighted by atomic mass is 10.1. The number of ether oxygens (including phenoxy) is 1. The van der Waals surface area contributed by atoms with Crippen molar-refractivity contribution in [2.75, 3.05) is 18.5 Å². The highest BCUT2D eigenvalue weighted by Crippen LogP contribution is 2.16. The predicted molar refractivity (Wildman–Crippen MR) is 111 cm³/mol. The highest BCUT2D eigenvalue weighted by molar-refractivity contribution is 6.05. The lowest BCUT2D eigenvalue weighted by Gasteiger charge is -2.10. The van der Waals surface area contributed by atoms with E-state index in [4.69, 9.17) is 4.74 Å². The molecule has 2 amide bonds. The number of carbonyl (C=O) groups is 2. The van der Waals surface area contributed by atoms with Crippen LogP contribution in [-0.4, -0.2) is 31.1 Å². The Kier molecular flexibility index (Phi) is 6.77. The first-order valence-corrected chi connectivity index (χ1v) is 9.55. The summed E-state index contributed by atoms with van der Waals surface area (Å²) in [4.78, 5) is 24.7. The molecule has 148 valence electrons. The Hall–Kier alpha value is -3.43. The smallest absolute Gasteiger partial charge is 0.262 e. The van der Waals surface area contributed by atoms with Crippen LogP contribution in [0.15, 0.2) is 54.1 Å². The summed E-state index contributed by atoms with van der Waals surface area (Å²) >= 11 is 0. The second-order valence-corrected chi connectivity index (χ2v) is 6.96. The number of nitriles is 1. The van der Waals surface area contributed by atoms with Crippen molar-refractivity contribution in [3.05, 3.63) is 70.8 Å². The Balaban J connectivity index is 1.66. The molecule has 3 rings (SSSR count). The van der Waals surface area contributed by atoms with Gasteiger partial charge in [-0.3, -0.25) is 9.59 Å². The monoisotopic (exact) mass is 389 g/mol. The van der Waals surface area contributed by atoms with Crippen LogP contribution in [0.3, 0.4) is 0 Å². The number of amides is 2. The molecule has 2 aromatic rings. The third-order valence-electron chi connectivity index (χ3n) is 4.65. The molecule has 0 bridgehead atoms. The van der Waals surface area contributed by atoms with E-state index in [0.29, 0.717) is 30.0 Å². The van der Waals surface area contributed by atoms with E-state index < -0.39 is 5.91 Å². The summed E-state index contributed by atoms with van der Waals surface area (Å²) in [5, 5.41) is 14.9. The fraction of sp³-hybridized carbons (Fsp3) is 0.261. The van der Waals surface area contributed by atoms with Gasteiger partial charge in [-0.15, -0.1) is 0 Å². The van der Waals surface area contributed by atoms with Crippen molar-refractivity contribution < 1.29 is 14.3 Å². The predicted octanol–water partition coefficient (Wildman–Crippen LogP) is 3.45. The number of rotatable bonds is 6. The first kappa shape index (κ1) is 20.3. The quantitative estimate of drug-likeness (QED) is 0.585. The maximum absolute atomic E-state index is 12.4. The van der Waals surface area contributed by atoms with Crippen molar-refractivity contribution in [1.29, 1.82) is 5.26 Å². The summed E-state index contributed by atoms with van der Waals surface area (Å²) in [6.07, 6.45) is 3.42. The number of hydrogen-bond donors (Lipinski definition) is 2. The largest absolute Gasteiger partial charge is 0.376 e. The van der Waals surface area contributed by atoms with Crippen LogP contribution in [0, 0.1) is 18.3 Å². The van der Waals surface area contributed by atoms with Crippen LogP contribution in [0.5, 0.6) is 0 Å². The van der Waals surface area contributed by atoms with Crippen LogP contribution in [0.2, 0.25) is 0 Å². The fourth-order valence-electron chi connectivity index (χ4n) is 3.04. The maximum Gasteiger partial charge on any atom is 0.262 e. The van der Waals surface area contributed by atoms with Crippen LogP contribution in [-0.2, 0) is 9.53 Å². The van der Waals surface area contributed by atoms with Gasteiger partial charge in [-0.2, -0.15) is 5.26 Å². The molecule has 0 spiro atoms. The molecule has 2 N–H and O–H groups in total. The van der Waals surface area contributed by atoms with Gasteiger partial charge in [0.05, 0.1) is 6.10 Å². The lowest BCUT2D eigenvalue weighted by molar-refractivity contribution is -0.117. The lowest BCUT2D eigenvalue weighted by Crippen LogP contribution is -2.32. The van der Waals surface area contributed by atoms with Gasteiger partial charge in [0.25, 0.3) is 11.8 Å². The number of hydrogen-bond acceptors (Lipinski definition) is 4. The minimum atomic E-state index is -0.433. The number of anilines is 1. The topological polar surface area (TPSA) is 91.2 Å². The normalized spacial score (nSPS) is 16.1. The van der Waals surface area contributed by atoms with Gasteiger partial charge in [0, 0.05) is 24.4 Å². The highest BCUT2D eigenvalue weighted by atomic mass is 16.5. The van der Waals surface area contributed by atoms with E-state index >= 15 is 0 Å². The zero-order valence-electron chi connectivity index (χ0n) is 16.3. The SMILES string of the molecule is Cc1ccc(C(=O)Nc2cccc(/C=C(\C#N)C(=O)NCC3CCCO3)c2)cc1. The van der Waals surface area contributed by atoms with Crippen molar-refractivity contribution in [2.24, 2.45) is 0 Å². The van der Waals surface area contributed by atoms with Gasteiger partial charge >= 0.3 is 0 Å². The van der Waals surface area contributed by atoms with Crippen LogP contribution in [0.25, 0.3) is 6.08 Å². The Morgan fingerprint density at radius 3 is 2.72 bits per heavy atom. The average Bonchev–Trinajstić information content (AvgIpc) is 3.24. The van der Waals surface area contributed by atoms with Gasteiger partial charge in [0.1, 0.15) is 11.6 Å². The molecular weight excluding hydrogens is 366 g/mol. The minimum Gasteiger partial charge on any atom is -0.376 e. The summed E-state index contributed by atoms with van der Waals surface area (Å²) in [6, 6.07) is 16.2. The van der Waals surface area contributed by atoms with Crippen LogP contribution < -0.4 is 10.6 Å². The molecular formula is C23H23N3O3. The first-order valence-electron chi connectivity index (χ1n) is 9.55. The molecule has 1 fully saturated rings. The zero-order valence-corrected chi connectivity index (χ0v) is 16.3. The van der Waals surface area contributed by atoms with Gasteiger partial charge in [-0.1, -0.05) is 29.8 Å². The number of carbonyl (C=O) groups excluding carboxylic acids is 2. The first-order chi connectivity index (χ1) is 14.0. The standard InChI is InChI=1S/C23H23N3O3/c1-16-7-9-18(10-8-16)23(28)26-20-5-2-4-17(13-20)12-19(14-24)22(27)25-15-21-6-3-11-29-21/h2,4-5,7-10,12-13,21H,3,6,11,15H2,1H3,(H,25,27)(H,26,28)/b19-12+. The molecule has 2 aromatic carbocycles. The summed E-state index contributed by atoms with van der Waals surface area (Å²) in [5.74, 6) is -0.655. The van der Waals surface area contributed by atoms with E-state index in [1.54, 1.807) is 36.4 Å². The number of nitrogens with zero attached hydrogens (tertiary/aromatic N) is 1. The molecule has 1 heterocycles. The highest BCUT2D eigenvalue weighted by Gasteiger charge is 2.17. The van der Waals surface area contributed by atoms with Gasteiger partial charge in [0.2, 0.25) is 0 Å². The third-order valence-corrected chi connectivity index (χ3v) is 4.65. The molecule has 1 aliphatic rings. The average molecular weight is 389 g/mol. The molecule has 29 heavy (non-hydrogen) atoms. The molecule has 0 aromatic heterocycles. The molecule has 6 nitrogen and oxygen atoms in total. The molecule has 6 heteroatoms. The molecule has 0 aliphatic carbocycles. The van der Waals surface area contributed by atoms with Crippen molar-refractivity contribution in [3.63, 3.8) is 0 Å². The van der Waals surface area contributed by atoms with Gasteiger partial charge in [-0.25, -0.2) is 0 Å². The molecule has 0 saturated carbocycles. The summed E-state index contributed by atoms with van der Waals surface area (Å²) < 4.78 is 5.47. The van der Waals surface area contributed by atoms with Crippen LogP contribution in [0.1, 0.15) is 34.3 Å². The Morgan fingerprint density at radius 1 is 1.24 bits per heavy atom. The van der Waals surface area contributed by atoms with Crippen LogP contribution >= 0.6 is 0 Å². The van der Waals surface area contributed by atoms with E-state index in [1.807, 2.05) is 25.1 Å². The Labute approximate surface area is 170 Å². The molecule has 1 unspecified atom stereocenters. The maximum atomic E-state index is 12.4. The minimum absolute atomic E-state index is 0.00464. The molecule has 1 aliphatic heterocycles. The summed E-state index contributed by atoms with van der Waals surface area (Å²) in [6.45, 7) is 3.06. The molecule has 1 atom stereocenters. The molecule has 0 radical (unpaired) electrons. The molecule has 1 saturated heterocycles. The van der Waals surface area contributed by atoms with E-state index in [2.05, 4.69) is 10.6 Å². The van der Waals surface area contributed by atoms with Crippen molar-refractivity contribution in [2.45, 2.75) is 25.9 Å². The zero-order chi connectivity index (χ0) is 20.6. The van der Waals surface area contributed by atoms with E-state index in [9.17, 15) is 14.9 Å². The number of benzene rings is 2. The number of aryl methyl sites for hydroxylation is 1. The van der Waals surface area contributed by atoms with Gasteiger partial charge in [0.15, 0.2) is 0 Å². The summed E-state index contributed by atoms with van der Waals surface area (Å²) in [7, 11) is 0.